The highest BCUT2D eigenvalue weighted by Gasteiger charge is 2.25. The third-order valence-electron chi connectivity index (χ3n) is 4.28. The van der Waals surface area contributed by atoms with Crippen molar-refractivity contribution in [3.05, 3.63) is 58.5 Å². The Labute approximate surface area is 145 Å². The van der Waals surface area contributed by atoms with Crippen LogP contribution in [0.3, 0.4) is 0 Å². The van der Waals surface area contributed by atoms with Crippen LogP contribution in [-0.2, 0) is 18.3 Å². The number of aromatic nitrogens is 3. The lowest BCUT2D eigenvalue weighted by Crippen LogP contribution is -2.37. The van der Waals surface area contributed by atoms with Crippen molar-refractivity contribution >= 4 is 11.3 Å². The van der Waals surface area contributed by atoms with E-state index in [2.05, 4.69) is 45.7 Å². The minimum absolute atomic E-state index is 0.0504. The van der Waals surface area contributed by atoms with Gasteiger partial charge in [0, 0.05) is 38.3 Å². The van der Waals surface area contributed by atoms with Crippen LogP contribution in [-0.4, -0.2) is 39.4 Å². The van der Waals surface area contributed by atoms with Crippen molar-refractivity contribution < 1.29 is 4.74 Å². The summed E-state index contributed by atoms with van der Waals surface area (Å²) < 4.78 is 7.83. The Kier molecular flexibility index (Phi) is 4.42. The molecule has 3 heterocycles. The second-order valence-electron chi connectivity index (χ2n) is 5.99. The van der Waals surface area contributed by atoms with Crippen molar-refractivity contribution in [2.24, 2.45) is 7.05 Å². The van der Waals surface area contributed by atoms with Gasteiger partial charge in [-0.05, 0) is 11.6 Å². The fourth-order valence-electron chi connectivity index (χ4n) is 3.02. The van der Waals surface area contributed by atoms with Crippen LogP contribution in [0.4, 0.5) is 0 Å². The summed E-state index contributed by atoms with van der Waals surface area (Å²) in [6.45, 7) is 3.55. The SMILES string of the molecule is Cn1nccc1-c1csc(C2CN(Cc3ccccc3)CCO2)n1. The van der Waals surface area contributed by atoms with Gasteiger partial charge >= 0.3 is 0 Å². The fraction of sp³-hybridized carbons (Fsp3) is 0.333. The molecule has 0 N–H and O–H groups in total. The molecule has 0 amide bonds. The van der Waals surface area contributed by atoms with E-state index in [9.17, 15) is 0 Å². The smallest absolute Gasteiger partial charge is 0.124 e. The van der Waals surface area contributed by atoms with E-state index in [1.165, 1.54) is 5.56 Å². The van der Waals surface area contributed by atoms with Gasteiger partial charge in [0.15, 0.2) is 0 Å². The average molecular weight is 340 g/mol. The monoisotopic (exact) mass is 340 g/mol. The molecule has 4 rings (SSSR count). The van der Waals surface area contributed by atoms with E-state index in [-0.39, 0.29) is 6.10 Å². The van der Waals surface area contributed by atoms with Gasteiger partial charge < -0.3 is 4.74 Å². The highest BCUT2D eigenvalue weighted by atomic mass is 32.1. The molecule has 1 fully saturated rings. The molecule has 0 spiro atoms. The van der Waals surface area contributed by atoms with Crippen LogP contribution in [0, 0.1) is 0 Å². The van der Waals surface area contributed by atoms with E-state index < -0.39 is 0 Å². The summed E-state index contributed by atoms with van der Waals surface area (Å²) in [4.78, 5) is 7.22. The predicted molar refractivity (Wildman–Crippen MR) is 94.7 cm³/mol. The number of ether oxygens (including phenoxy) is 1. The van der Waals surface area contributed by atoms with Gasteiger partial charge in [0.1, 0.15) is 11.1 Å². The van der Waals surface area contributed by atoms with Crippen LogP contribution in [0.5, 0.6) is 0 Å². The van der Waals surface area contributed by atoms with Gasteiger partial charge in [-0.25, -0.2) is 4.98 Å². The molecule has 1 unspecified atom stereocenters. The minimum atomic E-state index is 0.0504. The van der Waals surface area contributed by atoms with Gasteiger partial charge in [0.05, 0.1) is 18.0 Å². The molecule has 0 saturated carbocycles. The molecular formula is C18H20N4OS. The quantitative estimate of drug-likeness (QED) is 0.732. The number of rotatable bonds is 4. The highest BCUT2D eigenvalue weighted by molar-refractivity contribution is 7.10. The van der Waals surface area contributed by atoms with Crippen molar-refractivity contribution in [2.45, 2.75) is 12.6 Å². The molecular weight excluding hydrogens is 320 g/mol. The Morgan fingerprint density at radius 1 is 1.25 bits per heavy atom. The van der Waals surface area contributed by atoms with E-state index in [1.54, 1.807) is 17.5 Å². The molecule has 1 atom stereocenters. The minimum Gasteiger partial charge on any atom is -0.368 e. The van der Waals surface area contributed by atoms with Crippen molar-refractivity contribution in [1.82, 2.24) is 19.7 Å². The molecule has 0 bridgehead atoms. The highest BCUT2D eigenvalue weighted by Crippen LogP contribution is 2.29. The van der Waals surface area contributed by atoms with Crippen LogP contribution >= 0.6 is 11.3 Å². The molecule has 124 valence electrons. The lowest BCUT2D eigenvalue weighted by molar-refractivity contribution is -0.0329. The van der Waals surface area contributed by atoms with E-state index in [4.69, 9.17) is 9.72 Å². The second-order valence-corrected chi connectivity index (χ2v) is 6.88. The summed E-state index contributed by atoms with van der Waals surface area (Å²) in [6, 6.07) is 12.6. The van der Waals surface area contributed by atoms with Crippen molar-refractivity contribution in [2.75, 3.05) is 19.7 Å². The van der Waals surface area contributed by atoms with Crippen molar-refractivity contribution in [3.63, 3.8) is 0 Å². The lowest BCUT2D eigenvalue weighted by atomic mass is 10.2. The van der Waals surface area contributed by atoms with Gasteiger partial charge in [-0.15, -0.1) is 11.3 Å². The molecule has 1 saturated heterocycles. The second kappa shape index (κ2) is 6.84. The van der Waals surface area contributed by atoms with Crippen LogP contribution < -0.4 is 0 Å². The Morgan fingerprint density at radius 3 is 2.92 bits per heavy atom. The van der Waals surface area contributed by atoms with Crippen molar-refractivity contribution in [1.29, 1.82) is 0 Å². The predicted octanol–water partition coefficient (Wildman–Crippen LogP) is 3.12. The zero-order chi connectivity index (χ0) is 16.4. The van der Waals surface area contributed by atoms with Crippen LogP contribution in [0.1, 0.15) is 16.7 Å². The molecule has 0 radical (unpaired) electrons. The zero-order valence-corrected chi connectivity index (χ0v) is 14.4. The van der Waals surface area contributed by atoms with Gasteiger partial charge in [0.25, 0.3) is 0 Å². The number of nitrogens with zero attached hydrogens (tertiary/aromatic N) is 4. The first-order valence-corrected chi connectivity index (χ1v) is 8.99. The number of thiazole rings is 1. The summed E-state index contributed by atoms with van der Waals surface area (Å²) in [5.74, 6) is 0. The van der Waals surface area contributed by atoms with Gasteiger partial charge in [-0.2, -0.15) is 5.10 Å². The summed E-state index contributed by atoms with van der Waals surface area (Å²) in [5, 5.41) is 7.35. The van der Waals surface area contributed by atoms with E-state index in [0.717, 1.165) is 42.6 Å². The maximum absolute atomic E-state index is 5.98. The van der Waals surface area contributed by atoms with Gasteiger partial charge in [-0.1, -0.05) is 30.3 Å². The number of aryl methyl sites for hydroxylation is 1. The number of hydrogen-bond acceptors (Lipinski definition) is 5. The van der Waals surface area contributed by atoms with Crippen LogP contribution in [0.15, 0.2) is 48.0 Å². The Bertz CT molecular complexity index is 798. The van der Waals surface area contributed by atoms with Crippen molar-refractivity contribution in [3.8, 4) is 11.4 Å². The van der Waals surface area contributed by atoms with E-state index in [0.29, 0.717) is 0 Å². The van der Waals surface area contributed by atoms with Crippen LogP contribution in [0.25, 0.3) is 11.4 Å². The number of hydrogen-bond donors (Lipinski definition) is 0. The standard InChI is InChI=1S/C18H20N4OS/c1-21-16(7-8-19-21)15-13-24-18(20-15)17-12-22(9-10-23-17)11-14-5-3-2-4-6-14/h2-8,13,17H,9-12H2,1H3. The first-order valence-electron chi connectivity index (χ1n) is 8.11. The zero-order valence-electron chi connectivity index (χ0n) is 13.6. The van der Waals surface area contributed by atoms with Gasteiger partial charge in [0.2, 0.25) is 0 Å². The molecule has 24 heavy (non-hydrogen) atoms. The average Bonchev–Trinajstić information content (AvgIpc) is 3.25. The van der Waals surface area contributed by atoms with E-state index in [1.807, 2.05) is 17.8 Å². The molecule has 1 aliphatic heterocycles. The molecule has 5 nitrogen and oxygen atoms in total. The molecule has 1 aliphatic rings. The molecule has 0 aliphatic carbocycles. The number of benzene rings is 1. The first-order chi connectivity index (χ1) is 11.8. The van der Waals surface area contributed by atoms with Crippen LogP contribution in [0.2, 0.25) is 0 Å². The molecule has 1 aromatic carbocycles. The number of morpholine rings is 1. The maximum atomic E-state index is 5.98. The normalized spacial score (nSPS) is 18.8. The topological polar surface area (TPSA) is 43.2 Å². The molecule has 3 aromatic rings. The fourth-order valence-corrected chi connectivity index (χ4v) is 3.87. The molecule has 2 aromatic heterocycles. The summed E-state index contributed by atoms with van der Waals surface area (Å²) in [5.41, 5.74) is 3.35. The molecule has 6 heteroatoms. The first kappa shape index (κ1) is 15.5. The largest absolute Gasteiger partial charge is 0.368 e. The Balaban J connectivity index is 1.46. The van der Waals surface area contributed by atoms with E-state index >= 15 is 0 Å². The maximum Gasteiger partial charge on any atom is 0.124 e. The summed E-state index contributed by atoms with van der Waals surface area (Å²) in [6.07, 6.45) is 1.85. The Hall–Kier alpha value is -2.02. The third-order valence-corrected chi connectivity index (χ3v) is 5.22. The lowest BCUT2D eigenvalue weighted by Gasteiger charge is -2.31. The third kappa shape index (κ3) is 3.26. The van der Waals surface area contributed by atoms with Gasteiger partial charge in [-0.3, -0.25) is 9.58 Å². The summed E-state index contributed by atoms with van der Waals surface area (Å²) >= 11 is 1.67. The summed E-state index contributed by atoms with van der Waals surface area (Å²) in [7, 11) is 1.94. The Morgan fingerprint density at radius 2 is 2.12 bits per heavy atom.